The predicted octanol–water partition coefficient (Wildman–Crippen LogP) is 7.73. The van der Waals surface area contributed by atoms with E-state index >= 15 is 0 Å². The van der Waals surface area contributed by atoms with Crippen molar-refractivity contribution in [2.75, 3.05) is 54.1 Å². The summed E-state index contributed by atoms with van der Waals surface area (Å²) in [4.78, 5) is 124. The van der Waals surface area contributed by atoms with E-state index in [1.165, 1.54) is 29.1 Å². The topological polar surface area (TPSA) is 280 Å². The number of hydrogen-bond acceptors (Lipinski definition) is 17. The van der Waals surface area contributed by atoms with Crippen LogP contribution in [0.25, 0.3) is 0 Å². The lowest BCUT2D eigenvalue weighted by Gasteiger charge is -2.42. The van der Waals surface area contributed by atoms with Gasteiger partial charge in [0.05, 0.1) is 31.0 Å². The van der Waals surface area contributed by atoms with E-state index in [-0.39, 0.29) is 97.1 Å². The van der Waals surface area contributed by atoms with E-state index in [4.69, 9.17) is 28.4 Å². The second kappa shape index (κ2) is 36.9. The molecule has 15 atom stereocenters. The summed E-state index contributed by atoms with van der Waals surface area (Å²) in [5, 5.41) is 29.7. The molecule has 0 radical (unpaired) electrons. The summed E-state index contributed by atoms with van der Waals surface area (Å²) in [7, 11) is 4.58. The van der Waals surface area contributed by atoms with Crippen molar-refractivity contribution in [2.24, 2.45) is 47.3 Å². The Bertz CT molecular complexity index is 2660. The van der Waals surface area contributed by atoms with Gasteiger partial charge in [-0.25, -0.2) is 4.79 Å². The minimum Gasteiger partial charge on any atom is -0.460 e. The van der Waals surface area contributed by atoms with E-state index in [9.17, 15) is 53.4 Å². The molecular weight excluding hydrogens is 1180 g/mol. The lowest BCUT2D eigenvalue weighted by atomic mass is 9.78. The molecule has 6 aliphatic rings. The molecule has 6 rings (SSSR count). The molecule has 2 aliphatic carbocycles. The van der Waals surface area contributed by atoms with Crippen molar-refractivity contribution in [3.05, 3.63) is 59.8 Å². The average Bonchev–Trinajstić information content (AvgIpc) is 1.01. The molecule has 2 bridgehead atoms. The number of cyclic esters (lactones) is 1. The van der Waals surface area contributed by atoms with E-state index < -0.39 is 83.7 Å². The number of carbonyl (C=O) groups excluding carboxylic acids is 9. The number of imide groups is 1. The number of amides is 5. The number of carbonyl (C=O) groups is 9. The van der Waals surface area contributed by atoms with Crippen LogP contribution in [-0.2, 0) is 71.6 Å². The Morgan fingerprint density at radius 1 is 0.761 bits per heavy atom. The van der Waals surface area contributed by atoms with E-state index in [0.29, 0.717) is 95.8 Å². The van der Waals surface area contributed by atoms with Gasteiger partial charge in [0, 0.05) is 103 Å². The smallest absolute Gasteiger partial charge is 0.329 e. The molecule has 0 spiro atoms. The van der Waals surface area contributed by atoms with Crippen LogP contribution in [0.5, 0.6) is 0 Å². The summed E-state index contributed by atoms with van der Waals surface area (Å²) < 4.78 is 36.4. The molecule has 0 unspecified atom stereocenters. The highest BCUT2D eigenvalue weighted by molar-refractivity contribution is 6.39. The van der Waals surface area contributed by atoms with Gasteiger partial charge >= 0.3 is 5.97 Å². The maximum Gasteiger partial charge on any atom is 0.329 e. The summed E-state index contributed by atoms with van der Waals surface area (Å²) in [5.41, 5.74) is 1.23. The summed E-state index contributed by atoms with van der Waals surface area (Å²) in [6, 6.07) is -1.18. The lowest BCUT2D eigenvalue weighted by molar-refractivity contribution is -0.265. The highest BCUT2D eigenvalue weighted by Gasteiger charge is 2.53. The first kappa shape index (κ1) is 75.5. The number of rotatable bonds is 19. The third kappa shape index (κ3) is 21.5. The van der Waals surface area contributed by atoms with Gasteiger partial charge in [-0.15, -0.1) is 0 Å². The monoisotopic (exact) mass is 1290 g/mol. The number of fused-ring (bicyclic) bond motifs is 3. The lowest BCUT2D eigenvalue weighted by Crippen LogP contribution is -2.61. The van der Waals surface area contributed by atoms with Gasteiger partial charge in [0.2, 0.25) is 17.6 Å². The Labute approximate surface area is 545 Å². The summed E-state index contributed by atoms with van der Waals surface area (Å²) >= 11 is 0. The zero-order valence-electron chi connectivity index (χ0n) is 56.4. The van der Waals surface area contributed by atoms with E-state index in [1.807, 2.05) is 58.1 Å². The summed E-state index contributed by atoms with van der Waals surface area (Å²) in [6.07, 6.45) is 19.4. The Morgan fingerprint density at radius 3 is 2.17 bits per heavy atom. The summed E-state index contributed by atoms with van der Waals surface area (Å²) in [6.45, 7) is 14.2. The first-order valence-electron chi connectivity index (χ1n) is 34.1. The number of hydrogen-bond donors (Lipinski definition) is 4. The third-order valence-electron chi connectivity index (χ3n) is 20.1. The van der Waals surface area contributed by atoms with Crippen molar-refractivity contribution in [3.8, 4) is 0 Å². The van der Waals surface area contributed by atoms with Crippen molar-refractivity contribution in [1.82, 2.24) is 20.4 Å². The van der Waals surface area contributed by atoms with Crippen molar-refractivity contribution < 1.29 is 81.8 Å². The van der Waals surface area contributed by atoms with E-state index in [1.54, 1.807) is 41.1 Å². The Hall–Kier alpha value is -5.55. The van der Waals surface area contributed by atoms with Crippen LogP contribution in [0.1, 0.15) is 177 Å². The van der Waals surface area contributed by atoms with Gasteiger partial charge in [0.15, 0.2) is 5.78 Å². The van der Waals surface area contributed by atoms with Gasteiger partial charge in [-0.3, -0.25) is 43.3 Å². The SMILES string of the molecule is CO[C@H]1C[C@@H]2CC[C@@H](C)[C@@](O)(O2)C(=O)C(=O)N2CCCC[C@H]2C(=O)O[C@H]([C@H](C)C[C@@H]2CC[C@@H](OCCNC(=O)CCCCCNC(=O)C3CCC(CN4C(=O)C=CC4=O)CC3)[C@H](OC)C2)CC(=O)[C@H](C)/C=C(\C)[C@@H](O)[C@@H](OC)C(=O)[C@H](C)C[C@H](C)/C=C/C=C/C=C/1C. The van der Waals surface area contributed by atoms with E-state index in [0.717, 1.165) is 50.5 Å². The highest BCUT2D eigenvalue weighted by atomic mass is 16.6. The van der Waals surface area contributed by atoms with Gasteiger partial charge in [0.25, 0.3) is 23.5 Å². The fourth-order valence-electron chi connectivity index (χ4n) is 14.2. The molecule has 2 saturated carbocycles. The molecule has 2 saturated heterocycles. The predicted molar refractivity (Wildman–Crippen MR) is 345 cm³/mol. The van der Waals surface area contributed by atoms with Gasteiger partial charge in [-0.2, -0.15) is 0 Å². The number of nitrogens with one attached hydrogen (secondary N) is 2. The molecule has 92 heavy (non-hydrogen) atoms. The molecule has 4 heterocycles. The zero-order valence-corrected chi connectivity index (χ0v) is 56.4. The first-order chi connectivity index (χ1) is 43.9. The molecule has 21 nitrogen and oxygen atoms in total. The van der Waals surface area contributed by atoms with Crippen molar-refractivity contribution in [1.29, 1.82) is 0 Å². The minimum absolute atomic E-state index is 0.00688. The molecule has 4 aliphatic heterocycles. The number of nitrogens with zero attached hydrogens (tertiary/aromatic N) is 2. The number of piperidine rings is 1. The zero-order chi connectivity index (χ0) is 67.2. The number of aliphatic hydroxyl groups excluding tert-OH is 1. The van der Waals surface area contributed by atoms with Crippen LogP contribution in [-0.4, -0.2) is 182 Å². The van der Waals surface area contributed by atoms with Crippen LogP contribution in [0.2, 0.25) is 0 Å². The van der Waals surface area contributed by atoms with Crippen LogP contribution < -0.4 is 10.6 Å². The standard InChI is InChI=1S/C71H108N4O17/c1-44-19-13-11-14-20-45(2)58(87-8)41-54-29-23-50(7)71(86,92-54)67(82)69(84)74-35-18-16-21-55(74)70(85)91-59(42-56(76)46(3)38-49(6)65(81)66(89-10)64(80)48(5)37-44)47(4)39-52-26-30-57(60(40-52)88-9)90-36-34-72-61(77)22-15-12-17-33-73-68(83)53-27-24-51(25-28-53)43-75-62(78)31-32-63(75)79/h11,13-14,19-20,31-32,38,44,46-48,50-55,57-60,65-66,81,86H,12,15-18,21-30,33-37,39-43H2,1-10H3,(H,72,77)(H,73,83)/b14-11+,19-13+,45-20+,49-38+/t44-,46-,47-,48-,50-,51?,52+,53?,54+,55+,57-,58+,59+,60-,65-,66+,71-/m1/s1. The number of methoxy groups -OCH3 is 3. The fraction of sp³-hybridized carbons (Fsp3) is 0.732. The molecule has 4 N–H and O–H groups in total. The first-order valence-corrected chi connectivity index (χ1v) is 34.1. The molecule has 0 aromatic rings. The van der Waals surface area contributed by atoms with Crippen LogP contribution >= 0.6 is 0 Å². The number of aliphatic hydroxyl groups is 2. The van der Waals surface area contributed by atoms with Gasteiger partial charge in [-0.05, 0) is 151 Å². The molecule has 21 heteroatoms. The molecule has 4 fully saturated rings. The normalized spacial score (nSPS) is 35.3. The van der Waals surface area contributed by atoms with Crippen LogP contribution in [0, 0.1) is 47.3 Å². The Kier molecular flexibility index (Phi) is 30.3. The number of allylic oxidation sites excluding steroid dienone is 6. The average molecular weight is 1290 g/mol. The van der Waals surface area contributed by atoms with Crippen molar-refractivity contribution >= 4 is 52.9 Å². The van der Waals surface area contributed by atoms with Crippen LogP contribution in [0.4, 0.5) is 0 Å². The van der Waals surface area contributed by atoms with Crippen molar-refractivity contribution in [3.63, 3.8) is 0 Å². The second-order valence-corrected chi connectivity index (χ2v) is 27.2. The maximum absolute atomic E-state index is 14.7. The number of Topliss-reactive ketones (excluding diaryl/α,β-unsaturated/α-hetero) is 3. The number of unbranched alkanes of at least 4 members (excludes halogenated alkanes) is 2. The second-order valence-electron chi connectivity index (χ2n) is 27.2. The number of esters is 1. The van der Waals surface area contributed by atoms with Gasteiger partial charge in [-0.1, -0.05) is 77.5 Å². The molecule has 0 aromatic heterocycles. The van der Waals surface area contributed by atoms with E-state index in [2.05, 4.69) is 10.6 Å². The van der Waals surface area contributed by atoms with Crippen LogP contribution in [0.3, 0.4) is 0 Å². The van der Waals surface area contributed by atoms with Crippen LogP contribution in [0.15, 0.2) is 59.8 Å². The largest absolute Gasteiger partial charge is 0.460 e. The third-order valence-corrected chi connectivity index (χ3v) is 20.1. The minimum atomic E-state index is -2.47. The Morgan fingerprint density at radius 2 is 1.48 bits per heavy atom. The van der Waals surface area contributed by atoms with Gasteiger partial charge in [0.1, 0.15) is 30.1 Å². The molecule has 5 amide bonds. The highest BCUT2D eigenvalue weighted by Crippen LogP contribution is 2.39. The van der Waals surface area contributed by atoms with Crippen molar-refractivity contribution in [2.45, 2.75) is 231 Å². The Balaban J connectivity index is 1.06. The molecule has 514 valence electrons. The number of ketones is 3. The number of ether oxygens (including phenoxy) is 6. The maximum atomic E-state index is 14.7. The quantitative estimate of drug-likeness (QED) is 0.0316. The van der Waals surface area contributed by atoms with Gasteiger partial charge < -0.3 is 54.2 Å². The summed E-state index contributed by atoms with van der Waals surface area (Å²) in [5.74, 6) is -8.82. The molecular formula is C71H108N4O17. The molecule has 0 aromatic carbocycles. The fourth-order valence-corrected chi connectivity index (χ4v) is 14.2.